The molecule has 0 aliphatic heterocycles. The van der Waals surface area contributed by atoms with Gasteiger partial charge in [0.15, 0.2) is 5.58 Å². The van der Waals surface area contributed by atoms with Crippen molar-refractivity contribution in [2.24, 2.45) is 5.73 Å². The molecule has 0 aliphatic rings. The van der Waals surface area contributed by atoms with Crippen molar-refractivity contribution in [1.82, 2.24) is 4.98 Å². The van der Waals surface area contributed by atoms with Crippen LogP contribution in [0.15, 0.2) is 22.7 Å². The summed E-state index contributed by atoms with van der Waals surface area (Å²) in [4.78, 5) is 4.15. The molecule has 0 aliphatic carbocycles. The predicted molar refractivity (Wildman–Crippen MR) is 51.3 cm³/mol. The molecule has 2 heterocycles. The highest BCUT2D eigenvalue weighted by atomic mass is 16.3. The SMILES string of the molecule is C[C@@H](N)c1cnc2cc(C#N)oc2c1. The van der Waals surface area contributed by atoms with Gasteiger partial charge in [0.1, 0.15) is 11.6 Å². The lowest BCUT2D eigenvalue weighted by Gasteiger charge is -2.02. The van der Waals surface area contributed by atoms with E-state index in [1.807, 2.05) is 19.1 Å². The average Bonchev–Trinajstić information content (AvgIpc) is 2.58. The van der Waals surface area contributed by atoms with Gasteiger partial charge in [0.05, 0.1) is 0 Å². The number of fused-ring (bicyclic) bond motifs is 1. The van der Waals surface area contributed by atoms with Crippen LogP contribution in [0.25, 0.3) is 11.1 Å². The average molecular weight is 187 g/mol. The maximum atomic E-state index is 8.62. The molecule has 4 heteroatoms. The molecule has 2 aromatic rings. The lowest BCUT2D eigenvalue weighted by Crippen LogP contribution is -2.04. The fourth-order valence-electron chi connectivity index (χ4n) is 1.24. The Morgan fingerprint density at radius 3 is 3.00 bits per heavy atom. The number of nitrogens with zero attached hydrogens (tertiary/aromatic N) is 2. The second kappa shape index (κ2) is 3.13. The Labute approximate surface area is 81.0 Å². The minimum Gasteiger partial charge on any atom is -0.444 e. The van der Waals surface area contributed by atoms with Gasteiger partial charge in [-0.2, -0.15) is 5.26 Å². The van der Waals surface area contributed by atoms with Crippen LogP contribution in [-0.4, -0.2) is 4.98 Å². The van der Waals surface area contributed by atoms with Crippen LogP contribution in [-0.2, 0) is 0 Å². The molecule has 1 atom stereocenters. The molecule has 0 radical (unpaired) electrons. The number of hydrogen-bond acceptors (Lipinski definition) is 4. The smallest absolute Gasteiger partial charge is 0.206 e. The first-order valence-electron chi connectivity index (χ1n) is 4.26. The van der Waals surface area contributed by atoms with E-state index < -0.39 is 0 Å². The third kappa shape index (κ3) is 1.34. The van der Waals surface area contributed by atoms with Crippen LogP contribution in [0.4, 0.5) is 0 Å². The van der Waals surface area contributed by atoms with Crippen molar-refractivity contribution < 1.29 is 4.42 Å². The van der Waals surface area contributed by atoms with Crippen molar-refractivity contribution in [2.75, 3.05) is 0 Å². The van der Waals surface area contributed by atoms with Crippen molar-refractivity contribution in [3.05, 3.63) is 29.7 Å². The second-order valence-corrected chi connectivity index (χ2v) is 3.16. The molecule has 2 rings (SSSR count). The molecule has 0 bridgehead atoms. The first-order chi connectivity index (χ1) is 6.70. The standard InChI is InChI=1S/C10H9N3O/c1-6(12)7-2-10-9(13-5-7)3-8(4-11)14-10/h2-3,5-6H,12H2,1H3/t6-/m1/s1. The zero-order valence-corrected chi connectivity index (χ0v) is 7.69. The van der Waals surface area contributed by atoms with Crippen LogP contribution in [0, 0.1) is 11.3 Å². The summed E-state index contributed by atoms with van der Waals surface area (Å²) in [6.45, 7) is 1.87. The first-order valence-corrected chi connectivity index (χ1v) is 4.26. The lowest BCUT2D eigenvalue weighted by atomic mass is 10.1. The Morgan fingerprint density at radius 1 is 1.57 bits per heavy atom. The molecular weight excluding hydrogens is 178 g/mol. The molecule has 0 saturated carbocycles. The van der Waals surface area contributed by atoms with Gasteiger partial charge >= 0.3 is 0 Å². The predicted octanol–water partition coefficient (Wildman–Crippen LogP) is 1.72. The lowest BCUT2D eigenvalue weighted by molar-refractivity contribution is 0.598. The van der Waals surface area contributed by atoms with Crippen molar-refractivity contribution in [3.8, 4) is 6.07 Å². The molecule has 0 aromatic carbocycles. The van der Waals surface area contributed by atoms with E-state index >= 15 is 0 Å². The number of aromatic nitrogens is 1. The summed E-state index contributed by atoms with van der Waals surface area (Å²) in [6, 6.07) is 5.27. The highest BCUT2D eigenvalue weighted by Crippen LogP contribution is 2.19. The minimum absolute atomic E-state index is 0.0810. The largest absolute Gasteiger partial charge is 0.444 e. The third-order valence-corrected chi connectivity index (χ3v) is 2.03. The fourth-order valence-corrected chi connectivity index (χ4v) is 1.24. The number of hydrogen-bond donors (Lipinski definition) is 1. The summed E-state index contributed by atoms with van der Waals surface area (Å²) in [5, 5.41) is 8.62. The van der Waals surface area contributed by atoms with Gasteiger partial charge < -0.3 is 10.2 Å². The Kier molecular flexibility index (Phi) is 1.95. The summed E-state index contributed by atoms with van der Waals surface area (Å²) >= 11 is 0. The van der Waals surface area contributed by atoms with Gasteiger partial charge in [-0.15, -0.1) is 0 Å². The Bertz CT molecular complexity index is 508. The van der Waals surface area contributed by atoms with E-state index in [-0.39, 0.29) is 11.8 Å². The molecular formula is C10H9N3O. The number of nitrogens with two attached hydrogens (primary N) is 1. The van der Waals surface area contributed by atoms with Gasteiger partial charge in [-0.3, -0.25) is 4.98 Å². The first kappa shape index (κ1) is 8.73. The normalized spacial score (nSPS) is 12.6. The molecule has 0 spiro atoms. The second-order valence-electron chi connectivity index (χ2n) is 3.16. The van der Waals surface area contributed by atoms with Crippen molar-refractivity contribution in [3.63, 3.8) is 0 Å². The Morgan fingerprint density at radius 2 is 2.36 bits per heavy atom. The van der Waals surface area contributed by atoms with Crippen LogP contribution < -0.4 is 5.73 Å². The number of pyridine rings is 1. The van der Waals surface area contributed by atoms with Gasteiger partial charge in [-0.1, -0.05) is 0 Å². The summed E-state index contributed by atoms with van der Waals surface area (Å²) in [7, 11) is 0. The summed E-state index contributed by atoms with van der Waals surface area (Å²) < 4.78 is 5.23. The number of rotatable bonds is 1. The summed E-state index contributed by atoms with van der Waals surface area (Å²) in [6.07, 6.45) is 1.70. The number of furan rings is 1. The van der Waals surface area contributed by atoms with Crippen molar-refractivity contribution in [1.29, 1.82) is 5.26 Å². The van der Waals surface area contributed by atoms with Crippen LogP contribution in [0.3, 0.4) is 0 Å². The Hall–Kier alpha value is -1.86. The van der Waals surface area contributed by atoms with Crippen LogP contribution >= 0.6 is 0 Å². The van der Waals surface area contributed by atoms with Crippen LogP contribution in [0.5, 0.6) is 0 Å². The van der Waals surface area contributed by atoms with Gasteiger partial charge in [0.2, 0.25) is 5.76 Å². The molecule has 2 N–H and O–H groups in total. The maximum Gasteiger partial charge on any atom is 0.206 e. The molecule has 0 unspecified atom stereocenters. The van der Waals surface area contributed by atoms with Gasteiger partial charge in [0.25, 0.3) is 0 Å². The molecule has 0 amide bonds. The monoisotopic (exact) mass is 187 g/mol. The van der Waals surface area contributed by atoms with Crippen molar-refractivity contribution >= 4 is 11.1 Å². The van der Waals surface area contributed by atoms with Crippen molar-refractivity contribution in [2.45, 2.75) is 13.0 Å². The molecule has 2 aromatic heterocycles. The quantitative estimate of drug-likeness (QED) is 0.737. The van der Waals surface area contributed by atoms with E-state index in [4.69, 9.17) is 15.4 Å². The van der Waals surface area contributed by atoms with E-state index in [0.29, 0.717) is 11.1 Å². The summed E-state index contributed by atoms with van der Waals surface area (Å²) in [5.41, 5.74) is 7.89. The van der Waals surface area contributed by atoms with E-state index in [0.717, 1.165) is 5.56 Å². The molecule has 70 valence electrons. The van der Waals surface area contributed by atoms with Gasteiger partial charge in [0, 0.05) is 18.3 Å². The molecule has 14 heavy (non-hydrogen) atoms. The van der Waals surface area contributed by atoms with E-state index in [1.54, 1.807) is 12.3 Å². The fraction of sp³-hybridized carbons (Fsp3) is 0.200. The van der Waals surface area contributed by atoms with E-state index in [2.05, 4.69) is 4.98 Å². The van der Waals surface area contributed by atoms with E-state index in [9.17, 15) is 0 Å². The van der Waals surface area contributed by atoms with Crippen LogP contribution in [0.1, 0.15) is 24.3 Å². The van der Waals surface area contributed by atoms with Gasteiger partial charge in [-0.25, -0.2) is 0 Å². The zero-order chi connectivity index (χ0) is 10.1. The minimum atomic E-state index is -0.0810. The van der Waals surface area contributed by atoms with E-state index in [1.165, 1.54) is 0 Å². The zero-order valence-electron chi connectivity index (χ0n) is 7.69. The molecule has 4 nitrogen and oxygen atoms in total. The molecule has 0 saturated heterocycles. The number of nitriles is 1. The van der Waals surface area contributed by atoms with Crippen LogP contribution in [0.2, 0.25) is 0 Å². The Balaban J connectivity index is 2.61. The van der Waals surface area contributed by atoms with Gasteiger partial charge in [-0.05, 0) is 18.6 Å². The topological polar surface area (TPSA) is 75.8 Å². The maximum absolute atomic E-state index is 8.62. The highest BCUT2D eigenvalue weighted by Gasteiger charge is 2.06. The molecule has 0 fully saturated rings. The summed E-state index contributed by atoms with van der Waals surface area (Å²) in [5.74, 6) is 0.273. The third-order valence-electron chi connectivity index (χ3n) is 2.03. The highest BCUT2D eigenvalue weighted by molar-refractivity contribution is 5.74.